The molecule has 0 bridgehead atoms. The van der Waals surface area contributed by atoms with E-state index in [1.54, 1.807) is 0 Å². The van der Waals surface area contributed by atoms with E-state index in [1.807, 2.05) is 0 Å². The Bertz CT molecular complexity index is 555. The van der Waals surface area contributed by atoms with Crippen LogP contribution in [-0.4, -0.2) is 95.7 Å². The number of hydrogen-bond acceptors (Lipinski definition) is 8. The van der Waals surface area contributed by atoms with Gasteiger partial charge in [0.1, 0.15) is 26.4 Å². The van der Waals surface area contributed by atoms with Gasteiger partial charge in [0.2, 0.25) is 15.2 Å². The summed E-state index contributed by atoms with van der Waals surface area (Å²) in [6, 6.07) is 0. The van der Waals surface area contributed by atoms with Crippen molar-refractivity contribution in [1.29, 1.82) is 0 Å². The molecule has 4 aliphatic heterocycles. The van der Waals surface area contributed by atoms with Crippen LogP contribution < -0.4 is 0 Å². The van der Waals surface area contributed by atoms with E-state index in [4.69, 9.17) is 41.4 Å². The number of halogens is 2. The molecule has 0 aromatic heterocycles. The normalized spacial score (nSPS) is 21.9. The highest BCUT2D eigenvalue weighted by Gasteiger charge is 2.39. The SMILES string of the molecule is O=C1OCCN1P(Cl)N1CCOC1=O.O=C1OCCN1P(Cl)N1CCOC1=O. The van der Waals surface area contributed by atoms with Crippen LogP contribution >= 0.6 is 37.6 Å². The van der Waals surface area contributed by atoms with Gasteiger partial charge in [-0.1, -0.05) is 0 Å². The average molecular weight is 477 g/mol. The van der Waals surface area contributed by atoms with Crippen LogP contribution in [0.3, 0.4) is 0 Å². The lowest BCUT2D eigenvalue weighted by Gasteiger charge is -2.24. The second-order valence-corrected chi connectivity index (χ2v) is 10.1. The van der Waals surface area contributed by atoms with Crippen molar-refractivity contribution >= 4 is 62.0 Å². The summed E-state index contributed by atoms with van der Waals surface area (Å²) in [5, 5.41) is 0. The van der Waals surface area contributed by atoms with Crippen LogP contribution in [0.25, 0.3) is 0 Å². The van der Waals surface area contributed by atoms with Gasteiger partial charge in [-0.25, -0.2) is 19.2 Å². The molecule has 28 heavy (non-hydrogen) atoms. The number of ether oxygens (including phenoxy) is 4. The quantitative estimate of drug-likeness (QED) is 0.448. The number of carbonyl (C=O) groups is 4. The highest BCUT2D eigenvalue weighted by molar-refractivity contribution is 7.81. The third kappa shape index (κ3) is 4.56. The number of cyclic esters (lactones) is 4. The monoisotopic (exact) mass is 476 g/mol. The smallest absolute Gasteiger partial charge is 0.415 e. The zero-order valence-corrected chi connectivity index (χ0v) is 17.7. The van der Waals surface area contributed by atoms with E-state index in [2.05, 4.69) is 0 Å². The molecular weight excluding hydrogens is 461 g/mol. The zero-order chi connectivity index (χ0) is 20.3. The summed E-state index contributed by atoms with van der Waals surface area (Å²) in [6.45, 7) is 3.02. The molecule has 4 heterocycles. The Morgan fingerprint density at radius 2 is 0.750 bits per heavy atom. The molecule has 4 amide bonds. The second-order valence-electron chi connectivity index (χ2n) is 5.43. The number of nitrogens with zero attached hydrogens (tertiary/aromatic N) is 4. The van der Waals surface area contributed by atoms with Crippen molar-refractivity contribution in [2.24, 2.45) is 0 Å². The highest BCUT2D eigenvalue weighted by Crippen LogP contribution is 2.52. The van der Waals surface area contributed by atoms with Crippen molar-refractivity contribution in [3.05, 3.63) is 0 Å². The summed E-state index contributed by atoms with van der Waals surface area (Å²) in [4.78, 5) is 44.5. The third-order valence-electron chi connectivity index (χ3n) is 3.75. The fraction of sp³-hybridized carbons (Fsp3) is 0.667. The lowest BCUT2D eigenvalue weighted by atomic mass is 10.7. The molecule has 12 nitrogen and oxygen atoms in total. The van der Waals surface area contributed by atoms with Gasteiger partial charge >= 0.3 is 24.4 Å². The van der Waals surface area contributed by atoms with Crippen molar-refractivity contribution in [2.75, 3.05) is 52.6 Å². The topological polar surface area (TPSA) is 118 Å². The maximum atomic E-state index is 11.1. The molecule has 156 valence electrons. The first-order chi connectivity index (χ1) is 13.4. The Morgan fingerprint density at radius 3 is 0.893 bits per heavy atom. The summed E-state index contributed by atoms with van der Waals surface area (Å²) >= 11 is 12.0. The fourth-order valence-electron chi connectivity index (χ4n) is 2.40. The first kappa shape index (κ1) is 21.2. The predicted octanol–water partition coefficient (Wildman–Crippen LogP) is 2.71. The Hall–Kier alpha value is -1.48. The molecule has 0 radical (unpaired) electrons. The van der Waals surface area contributed by atoms with Crippen molar-refractivity contribution in [3.8, 4) is 0 Å². The number of hydrogen-bond donors (Lipinski definition) is 0. The predicted molar refractivity (Wildman–Crippen MR) is 97.8 cm³/mol. The Kier molecular flexibility index (Phi) is 7.09. The van der Waals surface area contributed by atoms with Crippen molar-refractivity contribution in [2.45, 2.75) is 0 Å². The van der Waals surface area contributed by atoms with Crippen LogP contribution in [0.15, 0.2) is 0 Å². The molecule has 4 rings (SSSR count). The zero-order valence-electron chi connectivity index (χ0n) is 14.4. The fourth-order valence-corrected chi connectivity index (χ4v) is 6.33. The molecule has 0 aromatic rings. The first-order valence-electron chi connectivity index (χ1n) is 8.09. The van der Waals surface area contributed by atoms with E-state index in [9.17, 15) is 19.2 Å². The first-order valence-corrected chi connectivity index (χ1v) is 12.4. The van der Waals surface area contributed by atoms with Gasteiger partial charge < -0.3 is 18.9 Å². The summed E-state index contributed by atoms with van der Waals surface area (Å²) in [5.41, 5.74) is 0. The Balaban J connectivity index is 0.000000161. The van der Waals surface area contributed by atoms with Gasteiger partial charge in [0.25, 0.3) is 0 Å². The van der Waals surface area contributed by atoms with Gasteiger partial charge in [0, 0.05) is 0 Å². The minimum absolute atomic E-state index is 0.327. The molecule has 0 aromatic carbocycles. The molecule has 4 saturated heterocycles. The average Bonchev–Trinajstić information content (AvgIpc) is 3.44. The van der Waals surface area contributed by atoms with Gasteiger partial charge in [-0.15, -0.1) is 0 Å². The van der Waals surface area contributed by atoms with Crippen LogP contribution in [0.5, 0.6) is 0 Å². The lowest BCUT2D eigenvalue weighted by Crippen LogP contribution is -2.27. The van der Waals surface area contributed by atoms with E-state index in [-0.39, 0.29) is 0 Å². The van der Waals surface area contributed by atoms with Crippen molar-refractivity contribution in [1.82, 2.24) is 18.7 Å². The third-order valence-corrected chi connectivity index (χ3v) is 8.99. The van der Waals surface area contributed by atoms with Gasteiger partial charge in [-0.05, 0) is 22.5 Å². The van der Waals surface area contributed by atoms with Gasteiger partial charge in [0.15, 0.2) is 0 Å². The minimum atomic E-state index is -1.47. The molecule has 4 aliphatic rings. The molecule has 16 heteroatoms. The van der Waals surface area contributed by atoms with E-state index in [0.717, 1.165) is 0 Å². The van der Waals surface area contributed by atoms with Crippen molar-refractivity contribution < 1.29 is 38.1 Å². The molecule has 0 aliphatic carbocycles. The summed E-state index contributed by atoms with van der Waals surface area (Å²) in [5.74, 6) is 0. The molecule has 0 atom stereocenters. The summed E-state index contributed by atoms with van der Waals surface area (Å²) in [6.07, 6.45) is -1.87. The number of amides is 4. The maximum Gasteiger partial charge on any atom is 0.415 e. The Labute approximate surface area is 171 Å². The highest BCUT2D eigenvalue weighted by atomic mass is 35.7. The van der Waals surface area contributed by atoms with Crippen LogP contribution in [0.4, 0.5) is 19.2 Å². The molecule has 0 spiro atoms. The standard InChI is InChI=1S/2C6H8ClN2O4P/c2*7-14(8-1-3-12-5(8)10)9-2-4-13-6(9)11/h2*1-4H2. The van der Waals surface area contributed by atoms with E-state index in [0.29, 0.717) is 52.6 Å². The molecule has 0 saturated carbocycles. The summed E-state index contributed by atoms with van der Waals surface area (Å²) in [7, 11) is -2.94. The maximum absolute atomic E-state index is 11.1. The van der Waals surface area contributed by atoms with E-state index >= 15 is 0 Å². The molecule has 0 N–H and O–H groups in total. The van der Waals surface area contributed by atoms with Crippen LogP contribution in [-0.2, 0) is 18.9 Å². The van der Waals surface area contributed by atoms with Crippen LogP contribution in [0, 0.1) is 0 Å². The number of rotatable bonds is 4. The van der Waals surface area contributed by atoms with Crippen LogP contribution in [0.2, 0.25) is 0 Å². The second kappa shape index (κ2) is 9.35. The number of carbonyl (C=O) groups excluding carboxylic acids is 4. The van der Waals surface area contributed by atoms with E-state index in [1.165, 1.54) is 18.7 Å². The van der Waals surface area contributed by atoms with Crippen molar-refractivity contribution in [3.63, 3.8) is 0 Å². The molecular formula is C12H16Cl2N4O8P2. The van der Waals surface area contributed by atoms with Gasteiger partial charge in [-0.2, -0.15) is 0 Å². The summed E-state index contributed by atoms with van der Waals surface area (Å²) < 4.78 is 24.3. The van der Waals surface area contributed by atoms with Crippen LogP contribution in [0.1, 0.15) is 0 Å². The minimum Gasteiger partial charge on any atom is -0.447 e. The molecule has 4 fully saturated rings. The van der Waals surface area contributed by atoms with Gasteiger partial charge in [-0.3, -0.25) is 18.7 Å². The lowest BCUT2D eigenvalue weighted by molar-refractivity contribution is 0.165. The Morgan fingerprint density at radius 1 is 0.536 bits per heavy atom. The van der Waals surface area contributed by atoms with E-state index < -0.39 is 39.5 Å². The largest absolute Gasteiger partial charge is 0.447 e. The van der Waals surface area contributed by atoms with Gasteiger partial charge in [0.05, 0.1) is 26.2 Å². The molecule has 0 unspecified atom stereocenters.